The van der Waals surface area contributed by atoms with Crippen molar-refractivity contribution < 1.29 is 9.90 Å². The van der Waals surface area contributed by atoms with E-state index in [9.17, 15) is 9.90 Å². The summed E-state index contributed by atoms with van der Waals surface area (Å²) in [7, 11) is 0. The average Bonchev–Trinajstić information content (AvgIpc) is 2.42. The Morgan fingerprint density at radius 3 is 2.83 bits per heavy atom. The minimum Gasteiger partial charge on any atom is -0.396 e. The summed E-state index contributed by atoms with van der Waals surface area (Å²) in [5.41, 5.74) is 0. The van der Waals surface area contributed by atoms with E-state index in [-0.39, 0.29) is 12.5 Å². The number of piperidine rings is 1. The molecule has 1 amide bonds. The second-order valence-electron chi connectivity index (χ2n) is 5.73. The molecule has 2 atom stereocenters. The van der Waals surface area contributed by atoms with E-state index in [0.29, 0.717) is 11.8 Å². The monoisotopic (exact) mass is 255 g/mol. The lowest BCUT2D eigenvalue weighted by atomic mass is 9.96. The van der Waals surface area contributed by atoms with Crippen LogP contribution >= 0.6 is 0 Å². The first kappa shape index (κ1) is 15.5. The largest absolute Gasteiger partial charge is 0.396 e. The van der Waals surface area contributed by atoms with Crippen LogP contribution in [0.2, 0.25) is 0 Å². The van der Waals surface area contributed by atoms with Gasteiger partial charge in [0.15, 0.2) is 0 Å². The van der Waals surface area contributed by atoms with E-state index >= 15 is 0 Å². The van der Waals surface area contributed by atoms with E-state index in [0.717, 1.165) is 38.8 Å². The van der Waals surface area contributed by atoms with Crippen molar-refractivity contribution in [3.05, 3.63) is 0 Å². The SMILES string of the molecule is CCCCCCC(C)C(=O)N1CCCC(CO)C1. The van der Waals surface area contributed by atoms with Gasteiger partial charge >= 0.3 is 0 Å². The second-order valence-corrected chi connectivity index (χ2v) is 5.73. The topological polar surface area (TPSA) is 40.5 Å². The highest BCUT2D eigenvalue weighted by molar-refractivity contribution is 5.78. The average molecular weight is 255 g/mol. The van der Waals surface area contributed by atoms with Crippen molar-refractivity contribution in [3.63, 3.8) is 0 Å². The molecule has 0 spiro atoms. The Bertz CT molecular complexity index is 243. The summed E-state index contributed by atoms with van der Waals surface area (Å²) in [6, 6.07) is 0. The van der Waals surface area contributed by atoms with Crippen molar-refractivity contribution >= 4 is 5.91 Å². The lowest BCUT2D eigenvalue weighted by Crippen LogP contribution is -2.43. The maximum atomic E-state index is 12.3. The van der Waals surface area contributed by atoms with Gasteiger partial charge in [-0.15, -0.1) is 0 Å². The van der Waals surface area contributed by atoms with Crippen LogP contribution in [0, 0.1) is 11.8 Å². The molecule has 3 nitrogen and oxygen atoms in total. The van der Waals surface area contributed by atoms with Crippen LogP contribution in [0.3, 0.4) is 0 Å². The molecule has 0 saturated carbocycles. The van der Waals surface area contributed by atoms with E-state index in [4.69, 9.17) is 0 Å². The zero-order valence-corrected chi connectivity index (χ0v) is 12.0. The number of aliphatic hydroxyl groups is 1. The zero-order valence-electron chi connectivity index (χ0n) is 12.0. The number of likely N-dealkylation sites (tertiary alicyclic amines) is 1. The van der Waals surface area contributed by atoms with Crippen molar-refractivity contribution in [2.45, 2.75) is 58.8 Å². The van der Waals surface area contributed by atoms with E-state index in [1.165, 1.54) is 19.3 Å². The molecule has 1 N–H and O–H groups in total. The van der Waals surface area contributed by atoms with Gasteiger partial charge in [0, 0.05) is 25.6 Å². The highest BCUT2D eigenvalue weighted by Crippen LogP contribution is 2.20. The number of amides is 1. The molecular weight excluding hydrogens is 226 g/mol. The fourth-order valence-corrected chi connectivity index (χ4v) is 2.73. The maximum Gasteiger partial charge on any atom is 0.225 e. The smallest absolute Gasteiger partial charge is 0.225 e. The summed E-state index contributed by atoms with van der Waals surface area (Å²) >= 11 is 0. The van der Waals surface area contributed by atoms with Crippen LogP contribution in [0.1, 0.15) is 58.8 Å². The number of hydrogen-bond acceptors (Lipinski definition) is 2. The number of unbranched alkanes of at least 4 members (excludes halogenated alkanes) is 3. The van der Waals surface area contributed by atoms with E-state index in [2.05, 4.69) is 13.8 Å². The fraction of sp³-hybridized carbons (Fsp3) is 0.933. The molecule has 1 heterocycles. The summed E-state index contributed by atoms with van der Waals surface area (Å²) in [6.07, 6.45) is 8.04. The van der Waals surface area contributed by atoms with E-state index < -0.39 is 0 Å². The summed E-state index contributed by atoms with van der Waals surface area (Å²) in [6.45, 7) is 6.12. The Hall–Kier alpha value is -0.570. The van der Waals surface area contributed by atoms with Crippen molar-refractivity contribution in [3.8, 4) is 0 Å². The molecule has 1 rings (SSSR count). The minimum atomic E-state index is 0.152. The van der Waals surface area contributed by atoms with Gasteiger partial charge in [0.2, 0.25) is 5.91 Å². The lowest BCUT2D eigenvalue weighted by Gasteiger charge is -2.33. The molecule has 0 bridgehead atoms. The van der Waals surface area contributed by atoms with Crippen LogP contribution < -0.4 is 0 Å². The van der Waals surface area contributed by atoms with Crippen LogP contribution in [0.4, 0.5) is 0 Å². The first-order valence-corrected chi connectivity index (χ1v) is 7.58. The molecule has 0 radical (unpaired) electrons. The Labute approximate surface area is 112 Å². The Morgan fingerprint density at radius 2 is 2.17 bits per heavy atom. The summed E-state index contributed by atoms with van der Waals surface area (Å²) in [5, 5.41) is 9.19. The molecule has 1 fully saturated rings. The van der Waals surface area contributed by atoms with Crippen LogP contribution in [-0.4, -0.2) is 35.6 Å². The number of hydrogen-bond donors (Lipinski definition) is 1. The van der Waals surface area contributed by atoms with E-state index in [1.54, 1.807) is 0 Å². The third-order valence-electron chi connectivity index (χ3n) is 4.00. The van der Waals surface area contributed by atoms with Crippen LogP contribution in [0.15, 0.2) is 0 Å². The van der Waals surface area contributed by atoms with Gasteiger partial charge in [-0.3, -0.25) is 4.79 Å². The predicted molar refractivity (Wildman–Crippen MR) is 74.3 cm³/mol. The van der Waals surface area contributed by atoms with Gasteiger partial charge < -0.3 is 10.0 Å². The minimum absolute atomic E-state index is 0.152. The van der Waals surface area contributed by atoms with Crippen LogP contribution in [0.25, 0.3) is 0 Å². The molecule has 0 aromatic rings. The van der Waals surface area contributed by atoms with Gasteiger partial charge in [0.05, 0.1) is 0 Å². The zero-order chi connectivity index (χ0) is 13.4. The number of nitrogens with zero attached hydrogens (tertiary/aromatic N) is 1. The molecule has 1 saturated heterocycles. The Balaban J connectivity index is 2.29. The predicted octanol–water partition coefficient (Wildman–Crippen LogP) is 2.82. The molecule has 0 aromatic carbocycles. The second kappa shape index (κ2) is 8.52. The summed E-state index contributed by atoms with van der Waals surface area (Å²) < 4.78 is 0. The quantitative estimate of drug-likeness (QED) is 0.711. The Morgan fingerprint density at radius 1 is 1.39 bits per heavy atom. The number of carbonyl (C=O) groups is 1. The van der Waals surface area contributed by atoms with Gasteiger partial charge in [0.25, 0.3) is 0 Å². The first-order chi connectivity index (χ1) is 8.69. The summed E-state index contributed by atoms with van der Waals surface area (Å²) in [5.74, 6) is 0.749. The van der Waals surface area contributed by atoms with Gasteiger partial charge in [-0.05, 0) is 25.2 Å². The standard InChI is InChI=1S/C15H29NO2/c1-3-4-5-6-8-13(2)15(18)16-10-7-9-14(11-16)12-17/h13-14,17H,3-12H2,1-2H3. The van der Waals surface area contributed by atoms with E-state index in [1.807, 2.05) is 4.90 Å². The third kappa shape index (κ3) is 4.97. The molecule has 1 aliphatic heterocycles. The molecular formula is C15H29NO2. The van der Waals surface area contributed by atoms with Gasteiger partial charge in [-0.1, -0.05) is 39.5 Å². The van der Waals surface area contributed by atoms with Crippen LogP contribution in [-0.2, 0) is 4.79 Å². The number of rotatable bonds is 7. The van der Waals surface area contributed by atoms with Crippen molar-refractivity contribution in [2.24, 2.45) is 11.8 Å². The highest BCUT2D eigenvalue weighted by atomic mass is 16.3. The van der Waals surface area contributed by atoms with Gasteiger partial charge in [-0.25, -0.2) is 0 Å². The lowest BCUT2D eigenvalue weighted by molar-refractivity contribution is -0.137. The van der Waals surface area contributed by atoms with Crippen molar-refractivity contribution in [2.75, 3.05) is 19.7 Å². The molecule has 18 heavy (non-hydrogen) atoms. The fourth-order valence-electron chi connectivity index (χ4n) is 2.73. The van der Waals surface area contributed by atoms with Crippen molar-refractivity contribution in [1.29, 1.82) is 0 Å². The molecule has 3 heteroatoms. The molecule has 0 aliphatic carbocycles. The van der Waals surface area contributed by atoms with Crippen LogP contribution in [0.5, 0.6) is 0 Å². The normalized spacial score (nSPS) is 21.9. The number of aliphatic hydroxyl groups excluding tert-OH is 1. The summed E-state index contributed by atoms with van der Waals surface area (Å²) in [4.78, 5) is 14.2. The Kier molecular flexibility index (Phi) is 7.33. The number of carbonyl (C=O) groups excluding carboxylic acids is 1. The molecule has 0 aromatic heterocycles. The highest BCUT2D eigenvalue weighted by Gasteiger charge is 2.25. The van der Waals surface area contributed by atoms with Gasteiger partial charge in [-0.2, -0.15) is 0 Å². The molecule has 1 aliphatic rings. The molecule has 2 unspecified atom stereocenters. The maximum absolute atomic E-state index is 12.3. The van der Waals surface area contributed by atoms with Crippen molar-refractivity contribution in [1.82, 2.24) is 4.90 Å². The first-order valence-electron chi connectivity index (χ1n) is 7.58. The van der Waals surface area contributed by atoms with Gasteiger partial charge in [0.1, 0.15) is 0 Å². The molecule has 106 valence electrons. The third-order valence-corrected chi connectivity index (χ3v) is 4.00.